The Morgan fingerprint density at radius 2 is 1.81 bits per heavy atom. The van der Waals surface area contributed by atoms with Crippen LogP contribution in [0.4, 0.5) is 11.5 Å². The van der Waals surface area contributed by atoms with Crippen LogP contribution in [0.3, 0.4) is 0 Å². The first-order valence-electron chi connectivity index (χ1n) is 11.6. The highest BCUT2D eigenvalue weighted by Crippen LogP contribution is 2.49. The largest absolute Gasteiger partial charge is 0.480 e. The summed E-state index contributed by atoms with van der Waals surface area (Å²) in [5.74, 6) is 1.94. The molecule has 1 aliphatic carbocycles. The van der Waals surface area contributed by atoms with E-state index in [0.717, 1.165) is 62.8 Å². The highest BCUT2D eigenvalue weighted by molar-refractivity contribution is 5.91. The van der Waals surface area contributed by atoms with E-state index in [9.17, 15) is 0 Å². The Morgan fingerprint density at radius 1 is 0.968 bits per heavy atom. The number of benzene rings is 1. The molecule has 1 saturated carbocycles. The Kier molecular flexibility index (Phi) is 4.68. The molecular weight excluding hydrogens is 386 g/mol. The van der Waals surface area contributed by atoms with Crippen molar-refractivity contribution in [1.82, 2.24) is 10.3 Å². The zero-order valence-electron chi connectivity index (χ0n) is 17.9. The number of ether oxygens (including phenoxy) is 1. The third kappa shape index (κ3) is 3.30. The average molecular weight is 416 g/mol. The number of piperazine rings is 1. The van der Waals surface area contributed by atoms with Crippen LogP contribution < -0.4 is 19.9 Å². The average Bonchev–Trinajstić information content (AvgIpc) is 2.85. The second kappa shape index (κ2) is 7.68. The minimum Gasteiger partial charge on any atom is -0.480 e. The van der Waals surface area contributed by atoms with Gasteiger partial charge in [0, 0.05) is 37.3 Å². The van der Waals surface area contributed by atoms with Crippen LogP contribution in [-0.4, -0.2) is 49.6 Å². The molecule has 1 aromatic carbocycles. The van der Waals surface area contributed by atoms with E-state index in [1.54, 1.807) is 0 Å². The molecule has 6 heteroatoms. The molecule has 0 unspecified atom stereocenters. The molecule has 6 nitrogen and oxygen atoms in total. The van der Waals surface area contributed by atoms with Gasteiger partial charge in [0.25, 0.3) is 0 Å². The third-order valence-corrected chi connectivity index (χ3v) is 7.06. The Morgan fingerprint density at radius 3 is 2.61 bits per heavy atom. The minimum atomic E-state index is -0.260. The number of hydrogen-bond donors (Lipinski definition) is 1. The van der Waals surface area contributed by atoms with Crippen LogP contribution >= 0.6 is 0 Å². The predicted octanol–water partition coefficient (Wildman–Crippen LogP) is 3.85. The van der Waals surface area contributed by atoms with Gasteiger partial charge in [-0.25, -0.2) is 9.98 Å². The summed E-state index contributed by atoms with van der Waals surface area (Å²) in [5.41, 5.74) is 4.54. The molecule has 1 N–H and O–H groups in total. The molecule has 0 radical (unpaired) electrons. The van der Waals surface area contributed by atoms with Gasteiger partial charge in [-0.15, -0.1) is 0 Å². The maximum atomic E-state index is 6.64. The highest BCUT2D eigenvalue weighted by Gasteiger charge is 2.45. The van der Waals surface area contributed by atoms with E-state index < -0.39 is 0 Å². The fraction of sp³-hybridized carbons (Fsp3) is 0.440. The quantitative estimate of drug-likeness (QED) is 0.808. The first-order valence-corrected chi connectivity index (χ1v) is 11.6. The lowest BCUT2D eigenvalue weighted by atomic mass is 9.77. The van der Waals surface area contributed by atoms with Crippen molar-refractivity contribution in [1.29, 1.82) is 0 Å². The molecule has 2 aromatic rings. The number of rotatable bonds is 2. The van der Waals surface area contributed by atoms with Gasteiger partial charge >= 0.3 is 0 Å². The van der Waals surface area contributed by atoms with Gasteiger partial charge in [0.2, 0.25) is 0 Å². The smallest absolute Gasteiger partial charge is 0.151 e. The van der Waals surface area contributed by atoms with Crippen molar-refractivity contribution in [3.8, 4) is 5.75 Å². The Balaban J connectivity index is 1.31. The van der Waals surface area contributed by atoms with Crippen LogP contribution in [0.5, 0.6) is 5.75 Å². The molecule has 1 aromatic heterocycles. The van der Waals surface area contributed by atoms with Crippen molar-refractivity contribution >= 4 is 23.4 Å². The van der Waals surface area contributed by atoms with Crippen molar-refractivity contribution in [3.63, 3.8) is 0 Å². The first-order chi connectivity index (χ1) is 15.3. The van der Waals surface area contributed by atoms with E-state index in [1.165, 1.54) is 36.1 Å². The molecule has 2 fully saturated rings. The van der Waals surface area contributed by atoms with Gasteiger partial charge in [-0.2, -0.15) is 0 Å². The van der Waals surface area contributed by atoms with Crippen LogP contribution in [0.25, 0.3) is 5.57 Å². The lowest BCUT2D eigenvalue weighted by Gasteiger charge is -2.44. The van der Waals surface area contributed by atoms with Gasteiger partial charge in [-0.05, 0) is 43.9 Å². The summed E-state index contributed by atoms with van der Waals surface area (Å²) in [6.45, 7) is 4.89. The molecule has 0 amide bonds. The summed E-state index contributed by atoms with van der Waals surface area (Å²) in [5, 5.41) is 3.40. The molecule has 1 saturated heterocycles. The number of nitrogens with one attached hydrogen (secondary N) is 1. The van der Waals surface area contributed by atoms with Gasteiger partial charge in [0.05, 0.1) is 30.5 Å². The maximum Gasteiger partial charge on any atom is 0.151 e. The molecule has 160 valence electrons. The fourth-order valence-corrected chi connectivity index (χ4v) is 5.42. The Bertz CT molecular complexity index is 1020. The van der Waals surface area contributed by atoms with Crippen molar-refractivity contribution < 1.29 is 4.74 Å². The summed E-state index contributed by atoms with van der Waals surface area (Å²) in [7, 11) is 0. The number of fused-ring (bicyclic) bond motifs is 3. The molecule has 3 aliphatic heterocycles. The van der Waals surface area contributed by atoms with E-state index >= 15 is 0 Å². The highest BCUT2D eigenvalue weighted by atomic mass is 16.5. The third-order valence-electron chi connectivity index (χ3n) is 7.06. The van der Waals surface area contributed by atoms with Gasteiger partial charge in [0.1, 0.15) is 11.6 Å². The summed E-state index contributed by atoms with van der Waals surface area (Å²) >= 11 is 0. The van der Waals surface area contributed by atoms with Crippen LogP contribution in [0.15, 0.2) is 53.3 Å². The SMILES string of the molecule is C1=NC2=C(CN1c1ccc(N3CCNCC3)cn1)c1ccccc1OC21CCCCC1. The number of para-hydroxylation sites is 1. The number of nitrogens with zero attached hydrogens (tertiary/aromatic N) is 4. The number of hydrogen-bond acceptors (Lipinski definition) is 6. The van der Waals surface area contributed by atoms with Gasteiger partial charge in [-0.3, -0.25) is 0 Å². The van der Waals surface area contributed by atoms with Gasteiger partial charge in [0.15, 0.2) is 5.60 Å². The Hall–Kier alpha value is -2.86. The number of anilines is 2. The fourth-order valence-electron chi connectivity index (χ4n) is 5.42. The van der Waals surface area contributed by atoms with E-state index in [-0.39, 0.29) is 5.60 Å². The molecule has 4 aliphatic rings. The zero-order valence-corrected chi connectivity index (χ0v) is 17.9. The summed E-state index contributed by atoms with van der Waals surface area (Å²) in [4.78, 5) is 14.3. The normalized spacial score (nSPS) is 22.2. The summed E-state index contributed by atoms with van der Waals surface area (Å²) in [6.07, 6.45) is 9.75. The number of aliphatic imine (C=N–C) groups is 1. The van der Waals surface area contributed by atoms with Crippen LogP contribution in [0, 0.1) is 0 Å². The monoisotopic (exact) mass is 415 g/mol. The minimum absolute atomic E-state index is 0.260. The van der Waals surface area contributed by atoms with E-state index in [1.807, 2.05) is 12.5 Å². The predicted molar refractivity (Wildman–Crippen MR) is 125 cm³/mol. The van der Waals surface area contributed by atoms with E-state index in [4.69, 9.17) is 14.7 Å². The lowest BCUT2D eigenvalue weighted by molar-refractivity contribution is 0.0611. The number of aromatic nitrogens is 1. The van der Waals surface area contributed by atoms with Crippen molar-refractivity contribution in [2.75, 3.05) is 42.5 Å². The molecule has 4 heterocycles. The molecule has 1 spiro atoms. The molecule has 0 bridgehead atoms. The Labute approximate surface area is 183 Å². The second-order valence-electron chi connectivity index (χ2n) is 8.96. The zero-order chi connectivity index (χ0) is 20.7. The molecular formula is C25H29N5O. The summed E-state index contributed by atoms with van der Waals surface area (Å²) < 4.78 is 6.64. The summed E-state index contributed by atoms with van der Waals surface area (Å²) in [6, 6.07) is 12.7. The topological polar surface area (TPSA) is 53.0 Å². The van der Waals surface area contributed by atoms with Crippen LogP contribution in [0.2, 0.25) is 0 Å². The van der Waals surface area contributed by atoms with E-state index in [2.05, 4.69) is 51.5 Å². The van der Waals surface area contributed by atoms with Crippen molar-refractivity contribution in [2.45, 2.75) is 37.7 Å². The molecule has 0 atom stereocenters. The van der Waals surface area contributed by atoms with Gasteiger partial charge < -0.3 is 19.9 Å². The van der Waals surface area contributed by atoms with Crippen molar-refractivity contribution in [3.05, 3.63) is 53.9 Å². The van der Waals surface area contributed by atoms with Gasteiger partial charge in [-0.1, -0.05) is 24.6 Å². The standard InChI is InChI=1S/C25H29N5O/c1-4-10-25(11-5-1)24-21(20-6-2-3-7-22(20)31-25)17-30(18-28-24)23-9-8-19(16-27-23)29-14-12-26-13-15-29/h2-3,6-9,16,18,26H,1,4-5,10-15,17H2. The van der Waals surface area contributed by atoms with Crippen LogP contribution in [0.1, 0.15) is 37.7 Å². The lowest BCUT2D eigenvalue weighted by Crippen LogP contribution is -2.45. The first kappa shape index (κ1) is 18.9. The number of pyridine rings is 1. The maximum absolute atomic E-state index is 6.64. The van der Waals surface area contributed by atoms with E-state index in [0.29, 0.717) is 0 Å². The molecule has 6 rings (SSSR count). The second-order valence-corrected chi connectivity index (χ2v) is 8.96. The molecule has 31 heavy (non-hydrogen) atoms. The van der Waals surface area contributed by atoms with Crippen molar-refractivity contribution in [2.24, 2.45) is 4.99 Å². The van der Waals surface area contributed by atoms with Crippen LogP contribution in [-0.2, 0) is 0 Å².